The van der Waals surface area contributed by atoms with Crippen molar-refractivity contribution in [3.05, 3.63) is 35.4 Å². The molecule has 2 nitrogen and oxygen atoms in total. The van der Waals surface area contributed by atoms with Gasteiger partial charge in [-0.25, -0.2) is 8.78 Å². The fourth-order valence-corrected chi connectivity index (χ4v) is 3.93. The maximum absolute atomic E-state index is 13.8. The number of hydrogen-bond acceptors (Lipinski definition) is 2. The number of thioether (sulfide) groups is 1. The van der Waals surface area contributed by atoms with Crippen LogP contribution in [0.25, 0.3) is 0 Å². The van der Waals surface area contributed by atoms with Crippen molar-refractivity contribution >= 4 is 33.6 Å². The van der Waals surface area contributed by atoms with Crippen LogP contribution in [0.5, 0.6) is 0 Å². The van der Waals surface area contributed by atoms with Crippen LogP contribution >= 0.6 is 27.7 Å². The van der Waals surface area contributed by atoms with E-state index >= 15 is 0 Å². The summed E-state index contributed by atoms with van der Waals surface area (Å²) in [6.45, 7) is 1.29. The van der Waals surface area contributed by atoms with Gasteiger partial charge in [-0.2, -0.15) is 11.8 Å². The molecule has 0 N–H and O–H groups in total. The molecule has 1 aliphatic heterocycles. The number of hydrogen-bond donors (Lipinski definition) is 0. The van der Waals surface area contributed by atoms with Crippen LogP contribution in [-0.4, -0.2) is 35.0 Å². The van der Waals surface area contributed by atoms with Crippen LogP contribution in [0.2, 0.25) is 0 Å². The van der Waals surface area contributed by atoms with Crippen LogP contribution in [0.1, 0.15) is 30.1 Å². The van der Waals surface area contributed by atoms with E-state index in [4.69, 9.17) is 0 Å². The summed E-state index contributed by atoms with van der Waals surface area (Å²) < 4.78 is 27.1. The van der Waals surface area contributed by atoms with Crippen molar-refractivity contribution in [1.29, 1.82) is 0 Å². The fraction of sp³-hybridized carbons (Fsp3) is 0.533. The van der Waals surface area contributed by atoms with Gasteiger partial charge in [-0.1, -0.05) is 15.9 Å². The summed E-state index contributed by atoms with van der Waals surface area (Å²) >= 11 is 4.92. The van der Waals surface area contributed by atoms with Crippen LogP contribution in [0, 0.1) is 11.6 Å². The zero-order valence-electron chi connectivity index (χ0n) is 11.7. The molecule has 1 fully saturated rings. The first kappa shape index (κ1) is 16.7. The number of carbonyl (C=O) groups is 1. The van der Waals surface area contributed by atoms with Crippen LogP contribution < -0.4 is 0 Å². The molecule has 116 valence electrons. The Bertz CT molecular complexity index is 501. The summed E-state index contributed by atoms with van der Waals surface area (Å²) in [7, 11) is 0. The van der Waals surface area contributed by atoms with Crippen molar-refractivity contribution in [2.75, 3.05) is 24.2 Å². The summed E-state index contributed by atoms with van der Waals surface area (Å²) in [5.74, 6) is 0.116. The zero-order chi connectivity index (χ0) is 15.2. The van der Waals surface area contributed by atoms with Gasteiger partial charge in [0.05, 0.1) is 0 Å². The van der Waals surface area contributed by atoms with E-state index in [0.717, 1.165) is 23.6 Å². The third-order valence-electron chi connectivity index (χ3n) is 3.52. The molecular weight excluding hydrogens is 360 g/mol. The average Bonchev–Trinajstić information content (AvgIpc) is 2.73. The third kappa shape index (κ3) is 4.68. The molecule has 1 atom stereocenters. The van der Waals surface area contributed by atoms with Crippen molar-refractivity contribution in [2.24, 2.45) is 0 Å². The van der Waals surface area contributed by atoms with Gasteiger partial charge in [0.1, 0.15) is 11.6 Å². The topological polar surface area (TPSA) is 20.3 Å². The molecule has 6 heteroatoms. The van der Waals surface area contributed by atoms with E-state index in [9.17, 15) is 13.6 Å². The second-order valence-corrected chi connectivity index (χ2v) is 7.09. The summed E-state index contributed by atoms with van der Waals surface area (Å²) in [4.78, 5) is 13.9. The highest BCUT2D eigenvalue weighted by molar-refractivity contribution is 9.09. The van der Waals surface area contributed by atoms with Crippen molar-refractivity contribution in [3.63, 3.8) is 0 Å². The molecule has 1 unspecified atom stereocenters. The Labute approximate surface area is 136 Å². The van der Waals surface area contributed by atoms with Crippen molar-refractivity contribution < 1.29 is 13.6 Å². The van der Waals surface area contributed by atoms with E-state index < -0.39 is 5.82 Å². The van der Waals surface area contributed by atoms with Crippen LogP contribution in [-0.2, 0) is 4.79 Å². The monoisotopic (exact) mass is 377 g/mol. The van der Waals surface area contributed by atoms with Crippen molar-refractivity contribution in [1.82, 2.24) is 4.90 Å². The minimum Gasteiger partial charge on any atom is -0.342 e. The summed E-state index contributed by atoms with van der Waals surface area (Å²) in [6.07, 6.45) is 2.02. The van der Waals surface area contributed by atoms with Gasteiger partial charge in [-0.15, -0.1) is 0 Å². The molecule has 0 aliphatic carbocycles. The quantitative estimate of drug-likeness (QED) is 0.734. The molecule has 2 rings (SSSR count). The molecular formula is C15H18BrF2NOS. The minimum atomic E-state index is -0.415. The Balaban J connectivity index is 2.00. The summed E-state index contributed by atoms with van der Waals surface area (Å²) in [6, 6.07) is 3.58. The summed E-state index contributed by atoms with van der Waals surface area (Å²) in [5.41, 5.74) is 0.412. The average molecular weight is 378 g/mol. The highest BCUT2D eigenvalue weighted by Gasteiger charge is 2.23. The van der Waals surface area contributed by atoms with E-state index in [1.165, 1.54) is 12.1 Å². The van der Waals surface area contributed by atoms with Gasteiger partial charge in [0.25, 0.3) is 0 Å². The minimum absolute atomic E-state index is 0.0883. The first-order valence-electron chi connectivity index (χ1n) is 7.02. The van der Waals surface area contributed by atoms with Crippen LogP contribution in [0.15, 0.2) is 18.2 Å². The number of benzene rings is 1. The molecule has 0 spiro atoms. The van der Waals surface area contributed by atoms with Gasteiger partial charge in [0.15, 0.2) is 0 Å². The number of rotatable bonds is 4. The first-order chi connectivity index (χ1) is 10.1. The Morgan fingerprint density at radius 3 is 2.95 bits per heavy atom. The second-order valence-electron chi connectivity index (χ2n) is 4.99. The Morgan fingerprint density at radius 1 is 1.38 bits per heavy atom. The van der Waals surface area contributed by atoms with E-state index in [1.807, 2.05) is 4.90 Å². The highest BCUT2D eigenvalue weighted by atomic mass is 79.9. The lowest BCUT2D eigenvalue weighted by molar-refractivity contribution is -0.130. The number of nitrogens with zero attached hydrogens (tertiary/aromatic N) is 1. The maximum Gasteiger partial charge on any atom is 0.222 e. The predicted octanol–water partition coefficient (Wildman–Crippen LogP) is 4.15. The largest absolute Gasteiger partial charge is 0.342 e. The first-order valence-corrected chi connectivity index (χ1v) is 9.19. The smallest absolute Gasteiger partial charge is 0.222 e. The molecule has 1 aromatic rings. The van der Waals surface area contributed by atoms with Gasteiger partial charge in [0, 0.05) is 41.4 Å². The Morgan fingerprint density at radius 2 is 2.19 bits per heavy atom. The predicted molar refractivity (Wildman–Crippen MR) is 85.8 cm³/mol. The zero-order valence-corrected chi connectivity index (χ0v) is 14.1. The van der Waals surface area contributed by atoms with Gasteiger partial charge < -0.3 is 4.90 Å². The highest BCUT2D eigenvalue weighted by Crippen LogP contribution is 2.36. The lowest BCUT2D eigenvalue weighted by Crippen LogP contribution is -2.32. The lowest BCUT2D eigenvalue weighted by Gasteiger charge is -2.20. The van der Waals surface area contributed by atoms with Gasteiger partial charge in [0.2, 0.25) is 5.91 Å². The molecule has 1 amide bonds. The van der Waals surface area contributed by atoms with Crippen molar-refractivity contribution in [2.45, 2.75) is 24.5 Å². The Hall–Kier alpha value is -0.620. The summed E-state index contributed by atoms with van der Waals surface area (Å²) in [5, 5.41) is 0.730. The van der Waals surface area contributed by atoms with Crippen LogP contribution in [0.4, 0.5) is 8.78 Å². The third-order valence-corrected chi connectivity index (χ3v) is 5.39. The van der Waals surface area contributed by atoms with Gasteiger partial charge in [-0.3, -0.25) is 4.79 Å². The molecule has 21 heavy (non-hydrogen) atoms. The SMILES string of the molecule is O=C(CCCBr)N1CCSC(c2cc(F)ccc2F)CC1. The van der Waals surface area contributed by atoms with Crippen molar-refractivity contribution in [3.8, 4) is 0 Å². The van der Waals surface area contributed by atoms with Gasteiger partial charge >= 0.3 is 0 Å². The Kier molecular flexibility index (Phi) is 6.48. The number of alkyl halides is 1. The lowest BCUT2D eigenvalue weighted by atomic mass is 10.1. The number of amides is 1. The molecule has 0 saturated carbocycles. The standard InChI is InChI=1S/C15H18BrF2NOS/c16-6-1-2-15(20)19-7-5-14(21-9-8-19)12-10-11(17)3-4-13(12)18/h3-4,10,14H,1-2,5-9H2. The molecule has 1 aliphatic rings. The van der Waals surface area contributed by atoms with E-state index in [1.54, 1.807) is 11.8 Å². The normalized spacial score (nSPS) is 19.4. The van der Waals surface area contributed by atoms with E-state index in [2.05, 4.69) is 15.9 Å². The van der Waals surface area contributed by atoms with Gasteiger partial charge in [-0.05, 0) is 31.0 Å². The van der Waals surface area contributed by atoms with E-state index in [-0.39, 0.29) is 17.0 Å². The number of halogens is 3. The maximum atomic E-state index is 13.8. The fourth-order valence-electron chi connectivity index (χ4n) is 2.41. The molecule has 1 saturated heterocycles. The second kappa shape index (κ2) is 8.13. The molecule has 1 heterocycles. The molecule has 0 radical (unpaired) electrons. The molecule has 1 aromatic carbocycles. The molecule has 0 bridgehead atoms. The molecule has 0 aromatic heterocycles. The van der Waals surface area contributed by atoms with E-state index in [0.29, 0.717) is 31.5 Å². The number of carbonyl (C=O) groups excluding carboxylic acids is 1. The van der Waals surface area contributed by atoms with Crippen LogP contribution in [0.3, 0.4) is 0 Å².